The molecule has 0 saturated heterocycles. The number of rotatable bonds is 6. The molecule has 2 aromatic carbocycles. The topological polar surface area (TPSA) is 72.6 Å². The van der Waals surface area contributed by atoms with E-state index in [0.29, 0.717) is 30.0 Å². The maximum atomic E-state index is 10.9. The second-order valence-corrected chi connectivity index (χ2v) is 4.86. The van der Waals surface area contributed by atoms with Crippen LogP contribution in [0.25, 0.3) is 11.1 Å². The fraction of sp³-hybridized carbons (Fsp3) is 0.176. The van der Waals surface area contributed by atoms with E-state index in [0.717, 1.165) is 12.2 Å². The summed E-state index contributed by atoms with van der Waals surface area (Å²) in [5, 5.41) is 8.96. The quantitative estimate of drug-likeness (QED) is 0.704. The average molecular weight is 297 g/mol. The molecule has 5 nitrogen and oxygen atoms in total. The van der Waals surface area contributed by atoms with Gasteiger partial charge >= 0.3 is 5.97 Å². The van der Waals surface area contributed by atoms with Gasteiger partial charge in [0.15, 0.2) is 11.5 Å². The van der Waals surface area contributed by atoms with E-state index in [4.69, 9.17) is 14.3 Å². The van der Waals surface area contributed by atoms with Crippen molar-refractivity contribution in [3.8, 4) is 5.75 Å². The highest BCUT2D eigenvalue weighted by atomic mass is 16.5. The SMILES string of the molecule is O=C(O)c1ccc2oc(CCCOc3ccccc3)nc2c1. The first-order chi connectivity index (χ1) is 10.7. The monoisotopic (exact) mass is 297 g/mol. The number of hydrogen-bond donors (Lipinski definition) is 1. The molecule has 0 aliphatic heterocycles. The van der Waals surface area contributed by atoms with Crippen molar-refractivity contribution >= 4 is 17.1 Å². The van der Waals surface area contributed by atoms with Crippen LogP contribution >= 0.6 is 0 Å². The van der Waals surface area contributed by atoms with Crippen molar-refractivity contribution in [2.75, 3.05) is 6.61 Å². The first kappa shape index (κ1) is 14.1. The molecule has 0 saturated carbocycles. The van der Waals surface area contributed by atoms with Crippen LogP contribution in [0.4, 0.5) is 0 Å². The van der Waals surface area contributed by atoms with Crippen LogP contribution in [0, 0.1) is 0 Å². The minimum Gasteiger partial charge on any atom is -0.494 e. The molecule has 1 aromatic heterocycles. The molecule has 22 heavy (non-hydrogen) atoms. The summed E-state index contributed by atoms with van der Waals surface area (Å²) in [6, 6.07) is 14.3. The van der Waals surface area contributed by atoms with Crippen molar-refractivity contribution in [2.45, 2.75) is 12.8 Å². The molecule has 0 radical (unpaired) electrons. The Morgan fingerprint density at radius 1 is 1.18 bits per heavy atom. The summed E-state index contributed by atoms with van der Waals surface area (Å²) >= 11 is 0. The fourth-order valence-corrected chi connectivity index (χ4v) is 2.15. The number of carboxylic acids is 1. The number of fused-ring (bicyclic) bond motifs is 1. The van der Waals surface area contributed by atoms with Crippen molar-refractivity contribution in [3.05, 3.63) is 60.0 Å². The third-order valence-corrected chi connectivity index (χ3v) is 3.23. The third kappa shape index (κ3) is 3.25. The number of aromatic carboxylic acids is 1. The van der Waals surface area contributed by atoms with Crippen LogP contribution in [0.2, 0.25) is 0 Å². The fourth-order valence-electron chi connectivity index (χ4n) is 2.15. The van der Waals surface area contributed by atoms with Crippen molar-refractivity contribution in [1.29, 1.82) is 0 Å². The number of aryl methyl sites for hydroxylation is 1. The van der Waals surface area contributed by atoms with Crippen LogP contribution < -0.4 is 4.74 Å². The molecule has 0 amide bonds. The average Bonchev–Trinajstić information content (AvgIpc) is 2.94. The molecule has 0 atom stereocenters. The minimum atomic E-state index is -0.970. The highest BCUT2D eigenvalue weighted by Gasteiger charge is 2.09. The second kappa shape index (κ2) is 6.30. The summed E-state index contributed by atoms with van der Waals surface area (Å²) in [5.41, 5.74) is 1.38. The molecule has 0 aliphatic carbocycles. The van der Waals surface area contributed by atoms with Gasteiger partial charge in [0.05, 0.1) is 12.2 Å². The maximum absolute atomic E-state index is 10.9. The lowest BCUT2D eigenvalue weighted by atomic mass is 10.2. The van der Waals surface area contributed by atoms with E-state index in [9.17, 15) is 4.79 Å². The van der Waals surface area contributed by atoms with Gasteiger partial charge in [0, 0.05) is 6.42 Å². The van der Waals surface area contributed by atoms with E-state index in [2.05, 4.69) is 4.98 Å². The smallest absolute Gasteiger partial charge is 0.335 e. The number of oxazole rings is 1. The lowest BCUT2D eigenvalue weighted by Gasteiger charge is -2.03. The Hall–Kier alpha value is -2.82. The summed E-state index contributed by atoms with van der Waals surface area (Å²) in [5.74, 6) is 0.461. The highest BCUT2D eigenvalue weighted by Crippen LogP contribution is 2.18. The van der Waals surface area contributed by atoms with Gasteiger partial charge in [0.25, 0.3) is 0 Å². The van der Waals surface area contributed by atoms with Gasteiger partial charge in [-0.05, 0) is 36.8 Å². The predicted octanol–water partition coefficient (Wildman–Crippen LogP) is 3.54. The molecule has 3 rings (SSSR count). The molecule has 0 unspecified atom stereocenters. The number of carboxylic acid groups (broad SMARTS) is 1. The van der Waals surface area contributed by atoms with Gasteiger partial charge in [-0.25, -0.2) is 9.78 Å². The maximum Gasteiger partial charge on any atom is 0.335 e. The lowest BCUT2D eigenvalue weighted by molar-refractivity contribution is 0.0697. The van der Waals surface area contributed by atoms with E-state index < -0.39 is 5.97 Å². The standard InChI is InChI=1S/C17H15NO4/c19-17(20)12-8-9-15-14(11-12)18-16(22-15)7-4-10-21-13-5-2-1-3-6-13/h1-3,5-6,8-9,11H,4,7,10H2,(H,19,20). The van der Waals surface area contributed by atoms with Crippen LogP contribution in [0.5, 0.6) is 5.75 Å². The first-order valence-corrected chi connectivity index (χ1v) is 7.03. The minimum absolute atomic E-state index is 0.208. The van der Waals surface area contributed by atoms with Gasteiger partial charge in [-0.3, -0.25) is 0 Å². The molecule has 0 fully saturated rings. The molecular formula is C17H15NO4. The van der Waals surface area contributed by atoms with E-state index in [1.165, 1.54) is 12.1 Å². The van der Waals surface area contributed by atoms with Crippen molar-refractivity contribution < 1.29 is 19.1 Å². The zero-order valence-electron chi connectivity index (χ0n) is 11.9. The molecule has 112 valence electrons. The molecule has 0 spiro atoms. The van der Waals surface area contributed by atoms with Crippen molar-refractivity contribution in [3.63, 3.8) is 0 Å². The molecule has 5 heteroatoms. The zero-order valence-corrected chi connectivity index (χ0v) is 11.9. The van der Waals surface area contributed by atoms with Crippen molar-refractivity contribution in [1.82, 2.24) is 4.98 Å². The van der Waals surface area contributed by atoms with Crippen LogP contribution in [0.15, 0.2) is 52.9 Å². The summed E-state index contributed by atoms with van der Waals surface area (Å²) < 4.78 is 11.2. The lowest BCUT2D eigenvalue weighted by Crippen LogP contribution is -1.99. The summed E-state index contributed by atoms with van der Waals surface area (Å²) in [6.45, 7) is 0.573. The zero-order chi connectivity index (χ0) is 15.4. The number of ether oxygens (including phenoxy) is 1. The van der Waals surface area contributed by atoms with Gasteiger partial charge in [-0.15, -0.1) is 0 Å². The Labute approximate surface area is 127 Å². The number of benzene rings is 2. The van der Waals surface area contributed by atoms with Gasteiger partial charge in [0.2, 0.25) is 0 Å². The van der Waals surface area contributed by atoms with Crippen LogP contribution in [0.3, 0.4) is 0 Å². The van der Waals surface area contributed by atoms with E-state index in [1.807, 2.05) is 30.3 Å². The summed E-state index contributed by atoms with van der Waals surface area (Å²) in [6.07, 6.45) is 1.41. The largest absolute Gasteiger partial charge is 0.494 e. The Morgan fingerprint density at radius 3 is 2.77 bits per heavy atom. The molecule has 3 aromatic rings. The number of nitrogens with zero attached hydrogens (tertiary/aromatic N) is 1. The normalized spacial score (nSPS) is 10.7. The predicted molar refractivity (Wildman–Crippen MR) is 81.2 cm³/mol. The van der Waals surface area contributed by atoms with Crippen LogP contribution in [-0.4, -0.2) is 22.7 Å². The third-order valence-electron chi connectivity index (χ3n) is 3.23. The van der Waals surface area contributed by atoms with Crippen molar-refractivity contribution in [2.24, 2.45) is 0 Å². The van der Waals surface area contributed by atoms with Crippen LogP contribution in [-0.2, 0) is 6.42 Å². The summed E-state index contributed by atoms with van der Waals surface area (Å²) in [7, 11) is 0. The highest BCUT2D eigenvalue weighted by molar-refractivity contribution is 5.91. The Kier molecular flexibility index (Phi) is 4.05. The molecule has 1 N–H and O–H groups in total. The first-order valence-electron chi connectivity index (χ1n) is 7.03. The van der Waals surface area contributed by atoms with Crippen LogP contribution in [0.1, 0.15) is 22.7 Å². The second-order valence-electron chi connectivity index (χ2n) is 4.86. The van der Waals surface area contributed by atoms with Gasteiger partial charge in [0.1, 0.15) is 11.3 Å². The molecular weight excluding hydrogens is 282 g/mol. The number of carbonyl (C=O) groups is 1. The van der Waals surface area contributed by atoms with E-state index in [1.54, 1.807) is 6.07 Å². The summed E-state index contributed by atoms with van der Waals surface area (Å²) in [4.78, 5) is 15.2. The van der Waals surface area contributed by atoms with E-state index in [-0.39, 0.29) is 5.56 Å². The van der Waals surface area contributed by atoms with Gasteiger partial charge < -0.3 is 14.3 Å². The number of hydrogen-bond acceptors (Lipinski definition) is 4. The molecule has 0 bridgehead atoms. The number of para-hydroxylation sites is 1. The van der Waals surface area contributed by atoms with E-state index >= 15 is 0 Å². The number of aromatic nitrogens is 1. The Morgan fingerprint density at radius 2 is 2.00 bits per heavy atom. The molecule has 1 heterocycles. The van der Waals surface area contributed by atoms with Gasteiger partial charge in [-0.2, -0.15) is 0 Å². The Balaban J connectivity index is 1.58. The molecule has 0 aliphatic rings. The Bertz CT molecular complexity index is 780. The van der Waals surface area contributed by atoms with Gasteiger partial charge in [-0.1, -0.05) is 18.2 Å².